The summed E-state index contributed by atoms with van der Waals surface area (Å²) in [6, 6.07) is 5.27. The Morgan fingerprint density at radius 2 is 2.11 bits per heavy atom. The average Bonchev–Trinajstić information content (AvgIpc) is 2.26. The molecule has 1 aliphatic carbocycles. The van der Waals surface area contributed by atoms with Gasteiger partial charge in [-0.1, -0.05) is 12.5 Å². The molecule has 1 unspecified atom stereocenters. The van der Waals surface area contributed by atoms with Crippen molar-refractivity contribution in [1.29, 1.82) is 0 Å². The lowest BCUT2D eigenvalue weighted by Crippen LogP contribution is -2.40. The van der Waals surface area contributed by atoms with Gasteiger partial charge in [0, 0.05) is 6.04 Å². The number of hydrogen-bond donors (Lipinski definition) is 2. The topological polar surface area (TPSA) is 83.5 Å². The van der Waals surface area contributed by atoms with E-state index in [1.165, 1.54) is 24.3 Å². The van der Waals surface area contributed by atoms with Gasteiger partial charge in [0.05, 0.1) is 10.5 Å². The highest BCUT2D eigenvalue weighted by Crippen LogP contribution is 2.30. The summed E-state index contributed by atoms with van der Waals surface area (Å²) < 4.78 is 26.9. The van der Waals surface area contributed by atoms with Crippen LogP contribution in [-0.2, 0) is 10.0 Å². The molecule has 0 aromatic heterocycles. The van der Waals surface area contributed by atoms with Crippen molar-refractivity contribution < 1.29 is 18.3 Å². The van der Waals surface area contributed by atoms with Crippen LogP contribution in [0.25, 0.3) is 0 Å². The maximum atomic E-state index is 12.2. The third-order valence-corrected chi connectivity index (χ3v) is 5.15. The summed E-state index contributed by atoms with van der Waals surface area (Å²) in [6.07, 6.45) is 3.23. The number of hydrogen-bond acceptors (Lipinski definition) is 3. The maximum Gasteiger partial charge on any atom is 0.335 e. The first-order valence-corrected chi connectivity index (χ1v) is 7.74. The van der Waals surface area contributed by atoms with Gasteiger partial charge in [0.25, 0.3) is 0 Å². The third-order valence-electron chi connectivity index (χ3n) is 3.59. The van der Waals surface area contributed by atoms with Crippen LogP contribution in [0.2, 0.25) is 0 Å². The highest BCUT2D eigenvalue weighted by molar-refractivity contribution is 7.89. The molecule has 0 bridgehead atoms. The fourth-order valence-corrected chi connectivity index (χ4v) is 3.50. The Bertz CT molecular complexity index is 578. The van der Waals surface area contributed by atoms with Gasteiger partial charge < -0.3 is 5.11 Å². The van der Waals surface area contributed by atoms with E-state index < -0.39 is 16.0 Å². The number of benzene rings is 1. The van der Waals surface area contributed by atoms with Gasteiger partial charge in [0.15, 0.2) is 0 Å². The predicted octanol–water partition coefficient (Wildman–Crippen LogP) is 1.85. The number of sulfonamides is 1. The molecule has 1 aromatic carbocycles. The summed E-state index contributed by atoms with van der Waals surface area (Å²) in [5.41, 5.74) is -0.0285. The quantitative estimate of drug-likeness (QED) is 0.864. The summed E-state index contributed by atoms with van der Waals surface area (Å²) in [7, 11) is -3.65. The lowest BCUT2D eigenvalue weighted by Gasteiger charge is -2.31. The maximum absolute atomic E-state index is 12.2. The molecule has 6 heteroatoms. The molecule has 0 amide bonds. The van der Waals surface area contributed by atoms with Crippen molar-refractivity contribution in [2.75, 3.05) is 0 Å². The van der Waals surface area contributed by atoms with E-state index in [1.54, 1.807) is 0 Å². The van der Waals surface area contributed by atoms with Crippen molar-refractivity contribution in [3.63, 3.8) is 0 Å². The van der Waals surface area contributed by atoms with E-state index in [0.717, 1.165) is 19.3 Å². The van der Waals surface area contributed by atoms with E-state index in [4.69, 9.17) is 5.11 Å². The number of carboxylic acid groups (broad SMARTS) is 1. The van der Waals surface area contributed by atoms with E-state index in [-0.39, 0.29) is 16.5 Å². The molecule has 1 aliphatic rings. The van der Waals surface area contributed by atoms with Gasteiger partial charge in [-0.15, -0.1) is 0 Å². The van der Waals surface area contributed by atoms with Crippen LogP contribution in [0.15, 0.2) is 29.2 Å². The van der Waals surface area contributed by atoms with Crippen molar-refractivity contribution in [1.82, 2.24) is 4.72 Å². The molecular weight excluding hydrogens is 266 g/mol. The Hall–Kier alpha value is -1.40. The van der Waals surface area contributed by atoms with Crippen LogP contribution in [0, 0.1) is 5.92 Å². The fourth-order valence-electron chi connectivity index (χ4n) is 2.15. The molecule has 0 aliphatic heterocycles. The molecule has 0 heterocycles. The molecule has 19 heavy (non-hydrogen) atoms. The second-order valence-electron chi connectivity index (χ2n) is 4.93. The third kappa shape index (κ3) is 3.13. The second kappa shape index (κ2) is 5.30. The molecule has 0 spiro atoms. The molecule has 1 atom stereocenters. The predicted molar refractivity (Wildman–Crippen MR) is 70.5 cm³/mol. The van der Waals surface area contributed by atoms with Gasteiger partial charge in [-0.2, -0.15) is 0 Å². The Balaban J connectivity index is 2.18. The summed E-state index contributed by atoms with van der Waals surface area (Å²) in [4.78, 5) is 10.8. The minimum atomic E-state index is -3.65. The van der Waals surface area contributed by atoms with Gasteiger partial charge >= 0.3 is 5.97 Å². The van der Waals surface area contributed by atoms with Crippen LogP contribution >= 0.6 is 0 Å². The average molecular weight is 283 g/mol. The van der Waals surface area contributed by atoms with Crippen LogP contribution in [0.1, 0.15) is 36.5 Å². The van der Waals surface area contributed by atoms with Crippen LogP contribution in [-0.4, -0.2) is 25.5 Å². The second-order valence-corrected chi connectivity index (χ2v) is 6.65. The highest BCUT2D eigenvalue weighted by atomic mass is 32.2. The molecular formula is C13H17NO4S. The summed E-state index contributed by atoms with van der Waals surface area (Å²) >= 11 is 0. The van der Waals surface area contributed by atoms with Crippen LogP contribution < -0.4 is 4.72 Å². The van der Waals surface area contributed by atoms with E-state index in [0.29, 0.717) is 5.92 Å². The number of carbonyl (C=O) groups is 1. The van der Waals surface area contributed by atoms with Gasteiger partial charge in [0.2, 0.25) is 10.0 Å². The number of nitrogens with one attached hydrogen (secondary N) is 1. The van der Waals surface area contributed by atoms with Gasteiger partial charge in [0.1, 0.15) is 0 Å². The molecule has 0 saturated heterocycles. The Labute approximate surface area is 112 Å². The first-order chi connectivity index (χ1) is 8.90. The van der Waals surface area contributed by atoms with Gasteiger partial charge in [-0.05, 0) is 43.9 Å². The van der Waals surface area contributed by atoms with Crippen molar-refractivity contribution >= 4 is 16.0 Å². The molecule has 1 fully saturated rings. The minimum absolute atomic E-state index is 0.00132. The minimum Gasteiger partial charge on any atom is -0.478 e. The Kier molecular flexibility index (Phi) is 3.91. The summed E-state index contributed by atoms with van der Waals surface area (Å²) in [5, 5.41) is 8.88. The van der Waals surface area contributed by atoms with Crippen molar-refractivity contribution in [3.05, 3.63) is 29.8 Å². The van der Waals surface area contributed by atoms with Gasteiger partial charge in [-0.3, -0.25) is 0 Å². The zero-order chi connectivity index (χ0) is 14.0. The largest absolute Gasteiger partial charge is 0.478 e. The first kappa shape index (κ1) is 14.0. The molecule has 2 rings (SSSR count). The lowest BCUT2D eigenvalue weighted by atomic mass is 9.81. The molecule has 1 saturated carbocycles. The molecule has 5 nitrogen and oxygen atoms in total. The highest BCUT2D eigenvalue weighted by Gasteiger charge is 2.28. The summed E-state index contributed by atoms with van der Waals surface area (Å²) in [6.45, 7) is 1.85. The van der Waals surface area contributed by atoms with Gasteiger partial charge in [-0.25, -0.2) is 17.9 Å². The van der Waals surface area contributed by atoms with Crippen LogP contribution in [0.3, 0.4) is 0 Å². The Morgan fingerprint density at radius 1 is 1.42 bits per heavy atom. The zero-order valence-corrected chi connectivity index (χ0v) is 11.5. The smallest absolute Gasteiger partial charge is 0.335 e. The van der Waals surface area contributed by atoms with E-state index in [1.807, 2.05) is 6.92 Å². The standard InChI is InChI=1S/C13H17NO4S/c1-9(10-4-2-5-10)14-19(17,18)12-7-3-6-11(8-12)13(15)16/h3,6-10,14H,2,4-5H2,1H3,(H,15,16). The van der Waals surface area contributed by atoms with Crippen molar-refractivity contribution in [2.45, 2.75) is 37.1 Å². The van der Waals surface area contributed by atoms with E-state index >= 15 is 0 Å². The Morgan fingerprint density at radius 3 is 2.63 bits per heavy atom. The molecule has 104 valence electrons. The number of carboxylic acids is 1. The monoisotopic (exact) mass is 283 g/mol. The normalized spacial score (nSPS) is 17.7. The number of rotatable bonds is 5. The van der Waals surface area contributed by atoms with Crippen LogP contribution in [0.5, 0.6) is 0 Å². The van der Waals surface area contributed by atoms with Crippen molar-refractivity contribution in [3.8, 4) is 0 Å². The zero-order valence-electron chi connectivity index (χ0n) is 10.7. The van der Waals surface area contributed by atoms with Crippen LogP contribution in [0.4, 0.5) is 0 Å². The number of aromatic carboxylic acids is 1. The summed E-state index contributed by atoms with van der Waals surface area (Å²) in [5.74, 6) is -0.749. The molecule has 0 radical (unpaired) electrons. The SMILES string of the molecule is CC(NS(=O)(=O)c1cccc(C(=O)O)c1)C1CCC1. The molecule has 1 aromatic rings. The lowest BCUT2D eigenvalue weighted by molar-refractivity contribution is 0.0696. The fraction of sp³-hybridized carbons (Fsp3) is 0.462. The van der Waals surface area contributed by atoms with E-state index in [2.05, 4.69) is 4.72 Å². The van der Waals surface area contributed by atoms with E-state index in [9.17, 15) is 13.2 Å². The van der Waals surface area contributed by atoms with Crippen molar-refractivity contribution in [2.24, 2.45) is 5.92 Å². The first-order valence-electron chi connectivity index (χ1n) is 6.26. The molecule has 2 N–H and O–H groups in total.